The van der Waals surface area contributed by atoms with Crippen LogP contribution in [0, 0.1) is 0 Å². The van der Waals surface area contributed by atoms with Crippen LogP contribution < -0.4 is 5.56 Å². The highest BCUT2D eigenvalue weighted by molar-refractivity contribution is 5.58. The number of rotatable bonds is 1. The fourth-order valence-electron chi connectivity index (χ4n) is 1.38. The van der Waals surface area contributed by atoms with Crippen molar-refractivity contribution in [2.24, 2.45) is 0 Å². The third kappa shape index (κ3) is 2.34. The zero-order chi connectivity index (χ0) is 13.3. The molecule has 4 nitrogen and oxygen atoms in total. The third-order valence-corrected chi connectivity index (χ3v) is 2.29. The Morgan fingerprint density at radius 2 is 1.78 bits per heavy atom. The smallest absolute Gasteiger partial charge is 0.416 e. The van der Waals surface area contributed by atoms with E-state index in [4.69, 9.17) is 5.21 Å². The van der Waals surface area contributed by atoms with E-state index < -0.39 is 17.3 Å². The lowest BCUT2D eigenvalue weighted by atomic mass is 10.1. The van der Waals surface area contributed by atoms with E-state index in [0.717, 1.165) is 24.5 Å². The van der Waals surface area contributed by atoms with Crippen molar-refractivity contribution in [2.75, 3.05) is 0 Å². The highest BCUT2D eigenvalue weighted by atomic mass is 19.4. The standard InChI is InChI=1S/C11H7F3N2O2/c12-11(13,14)8-3-1-7(2-4-8)9-6-16(18)10(17)5-15-9/h1-6,18H. The van der Waals surface area contributed by atoms with Crippen LogP contribution >= 0.6 is 0 Å². The predicted octanol–water partition coefficient (Wildman–Crippen LogP) is 2.17. The summed E-state index contributed by atoms with van der Waals surface area (Å²) >= 11 is 0. The molecule has 0 bridgehead atoms. The van der Waals surface area contributed by atoms with Gasteiger partial charge >= 0.3 is 11.7 Å². The summed E-state index contributed by atoms with van der Waals surface area (Å²) in [4.78, 5) is 14.6. The molecule has 2 rings (SSSR count). The summed E-state index contributed by atoms with van der Waals surface area (Å²) in [7, 11) is 0. The Hall–Kier alpha value is -2.31. The van der Waals surface area contributed by atoms with Crippen molar-refractivity contribution in [3.8, 4) is 11.3 Å². The Bertz CT molecular complexity index is 617. The Labute approximate surface area is 98.9 Å². The van der Waals surface area contributed by atoms with Crippen molar-refractivity contribution in [1.82, 2.24) is 9.71 Å². The molecule has 0 saturated heterocycles. The molecule has 1 aromatic carbocycles. The van der Waals surface area contributed by atoms with Gasteiger partial charge in [-0.2, -0.15) is 17.9 Å². The number of halogens is 3. The van der Waals surface area contributed by atoms with Gasteiger partial charge in [0.05, 0.1) is 23.7 Å². The van der Waals surface area contributed by atoms with Gasteiger partial charge in [0.2, 0.25) is 0 Å². The van der Waals surface area contributed by atoms with Crippen LogP contribution in [0.1, 0.15) is 5.56 Å². The van der Waals surface area contributed by atoms with Crippen LogP contribution in [0.25, 0.3) is 11.3 Å². The summed E-state index contributed by atoms with van der Waals surface area (Å²) in [6.45, 7) is 0. The van der Waals surface area contributed by atoms with Gasteiger partial charge in [-0.15, -0.1) is 0 Å². The minimum Gasteiger partial charge on any atom is -0.425 e. The van der Waals surface area contributed by atoms with Crippen LogP contribution in [-0.4, -0.2) is 14.9 Å². The van der Waals surface area contributed by atoms with E-state index in [9.17, 15) is 18.0 Å². The lowest BCUT2D eigenvalue weighted by molar-refractivity contribution is -0.137. The van der Waals surface area contributed by atoms with E-state index in [-0.39, 0.29) is 5.69 Å². The number of alkyl halides is 3. The second-order valence-electron chi connectivity index (χ2n) is 3.53. The monoisotopic (exact) mass is 256 g/mol. The average molecular weight is 256 g/mol. The maximum absolute atomic E-state index is 12.3. The van der Waals surface area contributed by atoms with Crippen LogP contribution in [0.15, 0.2) is 41.5 Å². The van der Waals surface area contributed by atoms with Crippen molar-refractivity contribution in [2.45, 2.75) is 6.18 Å². The van der Waals surface area contributed by atoms with Gasteiger partial charge in [-0.3, -0.25) is 4.79 Å². The molecule has 1 heterocycles. The topological polar surface area (TPSA) is 55.1 Å². The summed E-state index contributed by atoms with van der Waals surface area (Å²) < 4.78 is 37.3. The quantitative estimate of drug-likeness (QED) is 0.795. The molecule has 1 aromatic heterocycles. The maximum Gasteiger partial charge on any atom is 0.416 e. The van der Waals surface area contributed by atoms with Crippen LogP contribution in [0.3, 0.4) is 0 Å². The summed E-state index contributed by atoms with van der Waals surface area (Å²) in [5.74, 6) is 0. The van der Waals surface area contributed by atoms with Gasteiger partial charge in [-0.25, -0.2) is 4.98 Å². The molecule has 18 heavy (non-hydrogen) atoms. The molecular weight excluding hydrogens is 249 g/mol. The fourth-order valence-corrected chi connectivity index (χ4v) is 1.38. The normalized spacial score (nSPS) is 11.5. The number of benzene rings is 1. The fraction of sp³-hybridized carbons (Fsp3) is 0.0909. The summed E-state index contributed by atoms with van der Waals surface area (Å²) in [5, 5.41) is 9.13. The minimum atomic E-state index is -4.40. The van der Waals surface area contributed by atoms with Gasteiger partial charge in [-0.1, -0.05) is 12.1 Å². The first-order valence-electron chi connectivity index (χ1n) is 4.83. The molecule has 0 aliphatic rings. The first kappa shape index (κ1) is 12.2. The Balaban J connectivity index is 2.40. The largest absolute Gasteiger partial charge is 0.425 e. The van der Waals surface area contributed by atoms with Crippen molar-refractivity contribution in [3.63, 3.8) is 0 Å². The van der Waals surface area contributed by atoms with Crippen LogP contribution in [0.4, 0.5) is 13.2 Å². The van der Waals surface area contributed by atoms with E-state index in [1.807, 2.05) is 0 Å². The molecule has 7 heteroatoms. The molecular formula is C11H7F3N2O2. The minimum absolute atomic E-state index is 0.200. The third-order valence-electron chi connectivity index (χ3n) is 2.29. The summed E-state index contributed by atoms with van der Waals surface area (Å²) in [6, 6.07) is 4.25. The molecule has 0 aliphatic heterocycles. The Kier molecular flexibility index (Phi) is 2.82. The molecule has 0 unspecified atom stereocenters. The van der Waals surface area contributed by atoms with Crippen molar-refractivity contribution >= 4 is 0 Å². The second-order valence-corrected chi connectivity index (χ2v) is 3.53. The van der Waals surface area contributed by atoms with Crippen LogP contribution in [0.2, 0.25) is 0 Å². The Morgan fingerprint density at radius 1 is 1.17 bits per heavy atom. The highest BCUT2D eigenvalue weighted by Crippen LogP contribution is 2.30. The van der Waals surface area contributed by atoms with E-state index in [1.54, 1.807) is 0 Å². The van der Waals surface area contributed by atoms with Crippen molar-refractivity contribution in [3.05, 3.63) is 52.6 Å². The molecule has 94 valence electrons. The molecule has 0 saturated carbocycles. The maximum atomic E-state index is 12.3. The highest BCUT2D eigenvalue weighted by Gasteiger charge is 2.29. The summed E-state index contributed by atoms with van der Waals surface area (Å²) in [5.41, 5.74) is -0.925. The average Bonchev–Trinajstić information content (AvgIpc) is 2.32. The van der Waals surface area contributed by atoms with Gasteiger partial charge in [0.1, 0.15) is 0 Å². The zero-order valence-electron chi connectivity index (χ0n) is 8.85. The van der Waals surface area contributed by atoms with Gasteiger partial charge in [-0.05, 0) is 12.1 Å². The zero-order valence-corrected chi connectivity index (χ0v) is 8.85. The lowest BCUT2D eigenvalue weighted by Gasteiger charge is -2.07. The van der Waals surface area contributed by atoms with Crippen LogP contribution in [-0.2, 0) is 6.18 Å². The lowest BCUT2D eigenvalue weighted by Crippen LogP contribution is -2.16. The molecule has 0 radical (unpaired) electrons. The molecule has 0 aliphatic carbocycles. The molecule has 0 amide bonds. The Morgan fingerprint density at radius 3 is 2.28 bits per heavy atom. The first-order chi connectivity index (χ1) is 8.38. The number of nitrogens with zero attached hydrogens (tertiary/aromatic N) is 2. The van der Waals surface area contributed by atoms with Gasteiger partial charge in [0.15, 0.2) is 0 Å². The molecule has 0 fully saturated rings. The summed E-state index contributed by atoms with van der Waals surface area (Å²) in [6.07, 6.45) is -2.49. The number of aromatic nitrogens is 2. The predicted molar refractivity (Wildman–Crippen MR) is 56.1 cm³/mol. The number of hydrogen-bond donors (Lipinski definition) is 1. The SMILES string of the molecule is O=c1cnc(-c2ccc(C(F)(F)F)cc2)cn1O. The van der Waals surface area contributed by atoms with E-state index >= 15 is 0 Å². The second kappa shape index (κ2) is 4.17. The van der Waals surface area contributed by atoms with Gasteiger partial charge in [0, 0.05) is 5.56 Å². The molecule has 0 atom stereocenters. The van der Waals surface area contributed by atoms with Gasteiger partial charge < -0.3 is 5.21 Å². The molecule has 2 aromatic rings. The van der Waals surface area contributed by atoms with Crippen molar-refractivity contribution in [1.29, 1.82) is 0 Å². The molecule has 1 N–H and O–H groups in total. The van der Waals surface area contributed by atoms with Gasteiger partial charge in [0.25, 0.3) is 0 Å². The van der Waals surface area contributed by atoms with E-state index in [0.29, 0.717) is 10.3 Å². The first-order valence-corrected chi connectivity index (χ1v) is 4.83. The van der Waals surface area contributed by atoms with E-state index in [2.05, 4.69) is 4.98 Å². The molecule has 0 spiro atoms. The van der Waals surface area contributed by atoms with Crippen LogP contribution in [0.5, 0.6) is 0 Å². The van der Waals surface area contributed by atoms with Crippen molar-refractivity contribution < 1.29 is 18.4 Å². The van der Waals surface area contributed by atoms with E-state index in [1.165, 1.54) is 12.1 Å². The number of hydrogen-bond acceptors (Lipinski definition) is 3.